The van der Waals surface area contributed by atoms with Crippen LogP contribution in [0.5, 0.6) is 0 Å². The molecule has 2 bridgehead atoms. The topological polar surface area (TPSA) is 80.8 Å². The number of amides is 2. The zero-order valence-corrected chi connectivity index (χ0v) is 19.9. The fourth-order valence-electron chi connectivity index (χ4n) is 4.68. The number of epoxide rings is 1. The molecule has 5 atom stereocenters. The van der Waals surface area contributed by atoms with Gasteiger partial charge in [0.15, 0.2) is 0 Å². The van der Waals surface area contributed by atoms with Crippen LogP contribution in [0.15, 0.2) is 12.2 Å². The van der Waals surface area contributed by atoms with Crippen LogP contribution in [0.25, 0.3) is 0 Å². The number of carbonyl (C=O) groups is 2. The third kappa shape index (κ3) is 3.71. The van der Waals surface area contributed by atoms with E-state index >= 15 is 0 Å². The lowest BCUT2D eigenvalue weighted by Gasteiger charge is -2.50. The van der Waals surface area contributed by atoms with Crippen LogP contribution >= 0.6 is 69.6 Å². The molecular formula is C16H16Cl6N2O6. The number of nitrogens with zero attached hydrogens (tertiary/aromatic N) is 2. The number of fused-ring (bicyclic) bond motifs is 1. The molecule has 0 aromatic carbocycles. The summed E-state index contributed by atoms with van der Waals surface area (Å²) in [6, 6.07) is -1.32. The van der Waals surface area contributed by atoms with Crippen molar-refractivity contribution in [1.82, 2.24) is 10.0 Å². The Labute approximate surface area is 202 Å². The molecule has 14 heteroatoms. The molecule has 8 nitrogen and oxygen atoms in total. The second kappa shape index (κ2) is 7.48. The highest BCUT2D eigenvalue weighted by atomic mass is 35.6. The lowest BCUT2D eigenvalue weighted by atomic mass is 9.76. The molecule has 0 aromatic rings. The van der Waals surface area contributed by atoms with E-state index in [1.54, 1.807) is 19.3 Å². The van der Waals surface area contributed by atoms with Crippen molar-refractivity contribution < 1.29 is 28.5 Å². The molecule has 30 heavy (non-hydrogen) atoms. The van der Waals surface area contributed by atoms with E-state index in [4.69, 9.17) is 88.6 Å². The highest BCUT2D eigenvalue weighted by Crippen LogP contribution is 2.70. The maximum atomic E-state index is 12.9. The average molecular weight is 545 g/mol. The van der Waals surface area contributed by atoms with Crippen LogP contribution in [0.3, 0.4) is 0 Å². The molecular weight excluding hydrogens is 529 g/mol. The highest BCUT2D eigenvalue weighted by molar-refractivity contribution is 6.68. The van der Waals surface area contributed by atoms with Crippen LogP contribution < -0.4 is 0 Å². The molecule has 0 spiro atoms. The molecule has 3 heterocycles. The van der Waals surface area contributed by atoms with Crippen molar-refractivity contribution in [3.63, 3.8) is 0 Å². The highest BCUT2D eigenvalue weighted by Gasteiger charge is 2.86. The Morgan fingerprint density at radius 3 is 1.67 bits per heavy atom. The van der Waals surface area contributed by atoms with E-state index in [0.717, 1.165) is 10.0 Å². The van der Waals surface area contributed by atoms with Crippen LogP contribution in [0.1, 0.15) is 12.8 Å². The standard InChI is InChI=1S/C16H16Cl6N2O6/c1-27-8-4-13-9-2-3-10(14(13,5-8)30-13)24(12(26)29-7-16(20,21)22)23(9)11(25)28-6-15(17,18)19/h2-3,8-10H,4-7H2,1H3/t8?,9-,10-,13-,14+/m0/s1. The van der Waals surface area contributed by atoms with Crippen molar-refractivity contribution in [2.75, 3.05) is 20.3 Å². The molecule has 1 unspecified atom stereocenters. The summed E-state index contributed by atoms with van der Waals surface area (Å²) in [7, 11) is 1.60. The van der Waals surface area contributed by atoms with Gasteiger partial charge in [0, 0.05) is 20.0 Å². The predicted molar refractivity (Wildman–Crippen MR) is 110 cm³/mol. The number of alkyl halides is 6. The molecule has 3 aliphatic heterocycles. The van der Waals surface area contributed by atoms with E-state index in [0.29, 0.717) is 12.8 Å². The summed E-state index contributed by atoms with van der Waals surface area (Å²) >= 11 is 34.1. The summed E-state index contributed by atoms with van der Waals surface area (Å²) in [5.41, 5.74) is -1.42. The van der Waals surface area contributed by atoms with Crippen LogP contribution in [-0.4, -0.2) is 79.5 Å². The molecule has 3 fully saturated rings. The minimum Gasteiger partial charge on any atom is -0.444 e. The fraction of sp³-hybridized carbons (Fsp3) is 0.750. The third-order valence-electron chi connectivity index (χ3n) is 5.72. The number of hydrogen-bond acceptors (Lipinski definition) is 6. The van der Waals surface area contributed by atoms with Gasteiger partial charge in [-0.1, -0.05) is 81.8 Å². The molecule has 1 saturated carbocycles. The van der Waals surface area contributed by atoms with Gasteiger partial charge in [-0.05, 0) is 0 Å². The van der Waals surface area contributed by atoms with E-state index in [1.807, 2.05) is 0 Å². The average Bonchev–Trinajstić information content (AvgIpc) is 3.21. The first kappa shape index (κ1) is 23.1. The molecule has 0 N–H and O–H groups in total. The zero-order chi connectivity index (χ0) is 22.1. The Balaban J connectivity index is 1.63. The largest absolute Gasteiger partial charge is 0.444 e. The van der Waals surface area contributed by atoms with Gasteiger partial charge in [-0.25, -0.2) is 19.6 Å². The number of rotatable bonds is 3. The Hall–Kier alpha value is -0.0600. The van der Waals surface area contributed by atoms with Crippen molar-refractivity contribution in [3.8, 4) is 0 Å². The summed E-state index contributed by atoms with van der Waals surface area (Å²) in [5, 5.41) is 2.20. The van der Waals surface area contributed by atoms with Gasteiger partial charge in [-0.15, -0.1) is 0 Å². The van der Waals surface area contributed by atoms with Crippen LogP contribution in [-0.2, 0) is 18.9 Å². The summed E-state index contributed by atoms with van der Waals surface area (Å²) < 4.78 is 18.3. The van der Waals surface area contributed by atoms with Crippen molar-refractivity contribution in [2.24, 2.45) is 0 Å². The Kier molecular flexibility index (Phi) is 5.77. The first-order valence-electron chi connectivity index (χ1n) is 8.80. The lowest BCUT2D eigenvalue weighted by Crippen LogP contribution is -2.71. The van der Waals surface area contributed by atoms with Gasteiger partial charge in [-0.2, -0.15) is 0 Å². The Morgan fingerprint density at radius 2 is 1.33 bits per heavy atom. The molecule has 0 radical (unpaired) electrons. The summed E-state index contributed by atoms with van der Waals surface area (Å²) in [6.45, 7) is -1.05. The van der Waals surface area contributed by atoms with Crippen LogP contribution in [0.4, 0.5) is 9.59 Å². The van der Waals surface area contributed by atoms with E-state index < -0.39 is 56.3 Å². The first-order valence-corrected chi connectivity index (χ1v) is 11.1. The monoisotopic (exact) mass is 542 g/mol. The van der Waals surface area contributed by atoms with Gasteiger partial charge in [0.2, 0.25) is 7.59 Å². The minimum atomic E-state index is -1.83. The number of carbonyl (C=O) groups excluding carboxylic acids is 2. The van der Waals surface area contributed by atoms with E-state index in [2.05, 4.69) is 0 Å². The van der Waals surface area contributed by atoms with Gasteiger partial charge < -0.3 is 18.9 Å². The van der Waals surface area contributed by atoms with Crippen molar-refractivity contribution in [3.05, 3.63) is 12.2 Å². The quantitative estimate of drug-likeness (QED) is 0.301. The molecule has 2 aliphatic carbocycles. The normalized spacial score (nSPS) is 36.4. The maximum absolute atomic E-state index is 12.9. The molecule has 5 rings (SSSR count). The van der Waals surface area contributed by atoms with Crippen molar-refractivity contribution in [1.29, 1.82) is 0 Å². The van der Waals surface area contributed by atoms with Crippen LogP contribution in [0, 0.1) is 0 Å². The summed E-state index contributed by atoms with van der Waals surface area (Å²) in [5.74, 6) is 0. The number of halogens is 6. The van der Waals surface area contributed by atoms with Crippen LogP contribution in [0.2, 0.25) is 0 Å². The molecule has 2 saturated heterocycles. The number of hydrogen-bond donors (Lipinski definition) is 0. The van der Waals surface area contributed by atoms with E-state index in [1.165, 1.54) is 0 Å². The lowest BCUT2D eigenvalue weighted by molar-refractivity contribution is -0.0881. The molecule has 5 aliphatic rings. The summed E-state index contributed by atoms with van der Waals surface area (Å²) in [4.78, 5) is 25.9. The SMILES string of the molecule is COC1C[C@@]23O[C@]2(C1)[C@@H]1C=C[C@@H]3N(C(=O)OCC(Cl)(Cl)Cl)N1C(=O)OCC(Cl)(Cl)Cl. The third-order valence-corrected chi connectivity index (χ3v) is 6.37. The molecule has 2 amide bonds. The fourth-order valence-corrected chi connectivity index (χ4v) is 5.00. The number of hydrazine groups is 1. The first-order chi connectivity index (χ1) is 13.8. The minimum absolute atomic E-state index is 0.0974. The zero-order valence-electron chi connectivity index (χ0n) is 15.3. The van der Waals surface area contributed by atoms with Gasteiger partial charge in [0.1, 0.15) is 36.5 Å². The smallest absolute Gasteiger partial charge is 0.429 e. The van der Waals surface area contributed by atoms with Gasteiger partial charge >= 0.3 is 12.2 Å². The second-order valence-electron chi connectivity index (χ2n) is 7.45. The predicted octanol–water partition coefficient (Wildman–Crippen LogP) is 4.16. The second-order valence-corrected chi connectivity index (χ2v) is 12.5. The molecule has 168 valence electrons. The maximum Gasteiger partial charge on any atom is 0.429 e. The Morgan fingerprint density at radius 1 is 0.933 bits per heavy atom. The van der Waals surface area contributed by atoms with Crippen molar-refractivity contribution >= 4 is 81.8 Å². The van der Waals surface area contributed by atoms with Gasteiger partial charge in [0.05, 0.1) is 6.10 Å². The molecule has 0 aromatic heterocycles. The van der Waals surface area contributed by atoms with Gasteiger partial charge in [-0.3, -0.25) is 0 Å². The van der Waals surface area contributed by atoms with E-state index in [9.17, 15) is 9.59 Å². The van der Waals surface area contributed by atoms with E-state index in [-0.39, 0.29) is 6.10 Å². The van der Waals surface area contributed by atoms with Crippen molar-refractivity contribution in [2.45, 2.75) is 49.8 Å². The number of ether oxygens (including phenoxy) is 4. The van der Waals surface area contributed by atoms with Gasteiger partial charge in [0.25, 0.3) is 0 Å². The number of methoxy groups -OCH3 is 1. The Bertz CT molecular complexity index is 727. The summed E-state index contributed by atoms with van der Waals surface area (Å²) in [6.07, 6.45) is 2.73.